The van der Waals surface area contributed by atoms with Crippen molar-refractivity contribution in [2.75, 3.05) is 5.75 Å². The van der Waals surface area contributed by atoms with Gasteiger partial charge in [-0.3, -0.25) is 0 Å². The molecule has 0 aliphatic carbocycles. The van der Waals surface area contributed by atoms with Crippen molar-refractivity contribution < 1.29 is 0 Å². The normalized spacial score (nSPS) is 34.8. The summed E-state index contributed by atoms with van der Waals surface area (Å²) >= 11 is 0. The molecule has 0 aromatic heterocycles. The molecule has 0 bridgehead atoms. The van der Waals surface area contributed by atoms with Gasteiger partial charge in [-0.15, -0.1) is 0 Å². The van der Waals surface area contributed by atoms with Crippen molar-refractivity contribution in [2.24, 2.45) is 11.3 Å². The lowest BCUT2D eigenvalue weighted by Gasteiger charge is -2.28. The average Bonchev–Trinajstić information content (AvgIpc) is 2.11. The molecular formula is C8H16S2. The van der Waals surface area contributed by atoms with Crippen LogP contribution in [0, 0.1) is 11.3 Å². The van der Waals surface area contributed by atoms with Crippen LogP contribution in [0.5, 0.6) is 0 Å². The molecule has 1 fully saturated rings. The second-order valence-corrected chi connectivity index (χ2v) is 6.85. The van der Waals surface area contributed by atoms with Crippen LogP contribution < -0.4 is 0 Å². The lowest BCUT2D eigenvalue weighted by Crippen LogP contribution is -2.26. The van der Waals surface area contributed by atoms with E-state index in [1.165, 1.54) is 5.75 Å². The summed E-state index contributed by atoms with van der Waals surface area (Å²) in [6.45, 7) is 9.39. The minimum atomic E-state index is 0.510. The highest BCUT2D eigenvalue weighted by Crippen LogP contribution is 2.48. The van der Waals surface area contributed by atoms with Gasteiger partial charge in [0.1, 0.15) is 0 Å². The summed E-state index contributed by atoms with van der Waals surface area (Å²) in [7, 11) is 4.08. The molecule has 1 heterocycles. The van der Waals surface area contributed by atoms with Crippen molar-refractivity contribution in [3.8, 4) is 0 Å². The van der Waals surface area contributed by atoms with E-state index >= 15 is 0 Å². The van der Waals surface area contributed by atoms with Crippen molar-refractivity contribution in [3.05, 3.63) is 0 Å². The Bertz CT molecular complexity index is 115. The van der Waals surface area contributed by atoms with Crippen LogP contribution in [0.3, 0.4) is 0 Å². The molecule has 1 rings (SSSR count). The Balaban J connectivity index is 2.55. The van der Waals surface area contributed by atoms with Gasteiger partial charge in [-0.05, 0) is 11.3 Å². The van der Waals surface area contributed by atoms with E-state index in [0.29, 0.717) is 5.41 Å². The largest absolute Gasteiger partial charge is 0.0935 e. The van der Waals surface area contributed by atoms with Crippen LogP contribution in [-0.2, 0) is 0 Å². The highest BCUT2D eigenvalue weighted by Gasteiger charge is 2.34. The van der Waals surface area contributed by atoms with E-state index in [4.69, 9.17) is 0 Å². The van der Waals surface area contributed by atoms with Crippen LogP contribution in [-0.4, -0.2) is 11.0 Å². The van der Waals surface area contributed by atoms with Gasteiger partial charge in [0.25, 0.3) is 0 Å². The second-order valence-electron chi connectivity index (χ2n) is 4.06. The Labute approximate surface area is 71.9 Å². The molecule has 1 saturated heterocycles. The predicted octanol–water partition coefficient (Wildman–Crippen LogP) is 3.43. The Morgan fingerprint density at radius 3 is 2.10 bits per heavy atom. The van der Waals surface area contributed by atoms with Crippen molar-refractivity contribution >= 4 is 21.6 Å². The molecule has 1 aliphatic rings. The summed E-state index contributed by atoms with van der Waals surface area (Å²) in [5.74, 6) is 2.25. The van der Waals surface area contributed by atoms with Gasteiger partial charge in [-0.2, -0.15) is 0 Å². The van der Waals surface area contributed by atoms with E-state index in [1.807, 2.05) is 21.6 Å². The predicted molar refractivity (Wildman–Crippen MR) is 52.5 cm³/mol. The minimum Gasteiger partial charge on any atom is -0.0935 e. The third-order valence-corrected chi connectivity index (χ3v) is 5.14. The first kappa shape index (κ1) is 8.79. The molecule has 0 N–H and O–H groups in total. The van der Waals surface area contributed by atoms with Crippen LogP contribution in [0.25, 0.3) is 0 Å². The van der Waals surface area contributed by atoms with E-state index in [-0.39, 0.29) is 0 Å². The average molecular weight is 176 g/mol. The van der Waals surface area contributed by atoms with Crippen molar-refractivity contribution in [2.45, 2.75) is 32.9 Å². The first-order chi connectivity index (χ1) is 4.52. The fourth-order valence-corrected chi connectivity index (χ4v) is 5.09. The topological polar surface area (TPSA) is 0 Å². The molecule has 0 spiro atoms. The van der Waals surface area contributed by atoms with E-state index < -0.39 is 0 Å². The molecule has 0 nitrogen and oxygen atoms in total. The second kappa shape index (κ2) is 2.98. The minimum absolute atomic E-state index is 0.510. The van der Waals surface area contributed by atoms with E-state index in [9.17, 15) is 0 Å². The molecule has 2 heteroatoms. The molecule has 2 atom stereocenters. The molecule has 0 saturated carbocycles. The van der Waals surface area contributed by atoms with Gasteiger partial charge < -0.3 is 0 Å². The maximum absolute atomic E-state index is 2.35. The van der Waals surface area contributed by atoms with E-state index in [0.717, 1.165) is 11.2 Å². The molecule has 0 radical (unpaired) electrons. The Morgan fingerprint density at radius 2 is 1.90 bits per heavy atom. The summed E-state index contributed by atoms with van der Waals surface area (Å²) < 4.78 is 0. The Kier molecular flexibility index (Phi) is 2.62. The van der Waals surface area contributed by atoms with Gasteiger partial charge in [0.2, 0.25) is 0 Å². The summed E-state index contributed by atoms with van der Waals surface area (Å²) in [5, 5.41) is 0.852. The summed E-state index contributed by atoms with van der Waals surface area (Å²) in [5.41, 5.74) is 0.510. The molecule has 0 aromatic carbocycles. The molecule has 60 valence electrons. The molecule has 10 heavy (non-hydrogen) atoms. The Morgan fingerprint density at radius 1 is 1.30 bits per heavy atom. The highest BCUT2D eigenvalue weighted by atomic mass is 33.1. The van der Waals surface area contributed by atoms with Crippen LogP contribution >= 0.6 is 21.6 Å². The fourth-order valence-electron chi connectivity index (χ4n) is 1.38. The number of hydrogen-bond acceptors (Lipinski definition) is 2. The monoisotopic (exact) mass is 176 g/mol. The van der Waals surface area contributed by atoms with Crippen LogP contribution in [0.1, 0.15) is 27.7 Å². The van der Waals surface area contributed by atoms with Crippen molar-refractivity contribution in [1.29, 1.82) is 0 Å². The van der Waals surface area contributed by atoms with Crippen molar-refractivity contribution in [1.82, 2.24) is 0 Å². The standard InChI is InChI=1S/C8H16S2/c1-6-7(5-9-10-6)8(2,3)4/h6-7H,5H2,1-4H3. The molecule has 0 amide bonds. The zero-order valence-electron chi connectivity index (χ0n) is 7.18. The quantitative estimate of drug-likeness (QED) is 0.519. The maximum Gasteiger partial charge on any atom is 0.0164 e. The van der Waals surface area contributed by atoms with Crippen LogP contribution in [0.2, 0.25) is 0 Å². The van der Waals surface area contributed by atoms with E-state index in [2.05, 4.69) is 27.7 Å². The third kappa shape index (κ3) is 1.85. The number of rotatable bonds is 0. The van der Waals surface area contributed by atoms with E-state index in [1.54, 1.807) is 0 Å². The highest BCUT2D eigenvalue weighted by molar-refractivity contribution is 8.77. The van der Waals surface area contributed by atoms with Crippen LogP contribution in [0.15, 0.2) is 0 Å². The lowest BCUT2D eigenvalue weighted by atomic mass is 9.80. The SMILES string of the molecule is CC1SSCC1C(C)(C)C. The first-order valence-corrected chi connectivity index (χ1v) is 6.18. The molecular weight excluding hydrogens is 160 g/mol. The maximum atomic E-state index is 2.35. The molecule has 2 unspecified atom stereocenters. The zero-order chi connectivity index (χ0) is 7.78. The Hall–Kier alpha value is 0.700. The smallest absolute Gasteiger partial charge is 0.0164 e. The van der Waals surface area contributed by atoms with Crippen LogP contribution in [0.4, 0.5) is 0 Å². The zero-order valence-corrected chi connectivity index (χ0v) is 8.81. The van der Waals surface area contributed by atoms with Gasteiger partial charge >= 0.3 is 0 Å². The van der Waals surface area contributed by atoms with Gasteiger partial charge in [-0.1, -0.05) is 49.3 Å². The van der Waals surface area contributed by atoms with Crippen molar-refractivity contribution in [3.63, 3.8) is 0 Å². The number of hydrogen-bond donors (Lipinski definition) is 0. The third-order valence-electron chi connectivity index (χ3n) is 2.15. The summed E-state index contributed by atoms with van der Waals surface area (Å²) in [4.78, 5) is 0. The lowest BCUT2D eigenvalue weighted by molar-refractivity contribution is 0.269. The summed E-state index contributed by atoms with van der Waals surface area (Å²) in [6, 6.07) is 0. The fraction of sp³-hybridized carbons (Fsp3) is 1.00. The van der Waals surface area contributed by atoms with Gasteiger partial charge in [0.15, 0.2) is 0 Å². The summed E-state index contributed by atoms with van der Waals surface area (Å²) in [6.07, 6.45) is 0. The molecule has 0 aromatic rings. The van der Waals surface area contributed by atoms with Gasteiger partial charge in [0.05, 0.1) is 0 Å². The first-order valence-electron chi connectivity index (χ1n) is 3.80. The molecule has 1 aliphatic heterocycles. The van der Waals surface area contributed by atoms with Gasteiger partial charge in [-0.25, -0.2) is 0 Å². The van der Waals surface area contributed by atoms with Gasteiger partial charge in [0, 0.05) is 11.0 Å².